The van der Waals surface area contributed by atoms with Gasteiger partial charge in [0.15, 0.2) is 0 Å². The Morgan fingerprint density at radius 2 is 1.57 bits per heavy atom. The lowest BCUT2D eigenvalue weighted by atomic mass is 9.94. The Bertz CT molecular complexity index is 1510. The third kappa shape index (κ3) is 8.89. The number of amides is 2. The van der Waals surface area contributed by atoms with Crippen LogP contribution in [-0.4, -0.2) is 56.6 Å². The van der Waals surface area contributed by atoms with Crippen LogP contribution in [0.5, 0.6) is 5.75 Å². The summed E-state index contributed by atoms with van der Waals surface area (Å²) in [6.45, 7) is 1.44. The fourth-order valence-electron chi connectivity index (χ4n) is 5.49. The number of sulfonamides is 1. The molecule has 0 saturated heterocycles. The number of benzene rings is 3. The number of ether oxygens (including phenoxy) is 1. The van der Waals surface area contributed by atoms with Gasteiger partial charge in [-0.3, -0.25) is 13.9 Å². The van der Waals surface area contributed by atoms with E-state index in [1.165, 1.54) is 4.90 Å². The Balaban J connectivity index is 1.77. The van der Waals surface area contributed by atoms with E-state index in [1.807, 2.05) is 30.3 Å². The van der Waals surface area contributed by atoms with Gasteiger partial charge < -0.3 is 15.0 Å². The highest BCUT2D eigenvalue weighted by Crippen LogP contribution is 2.31. The predicted octanol–water partition coefficient (Wildman–Crippen LogP) is 6.25. The molecule has 0 heterocycles. The van der Waals surface area contributed by atoms with Crippen LogP contribution in [0.2, 0.25) is 10.0 Å². The molecule has 0 aliphatic heterocycles. The van der Waals surface area contributed by atoms with Gasteiger partial charge >= 0.3 is 0 Å². The van der Waals surface area contributed by atoms with Crippen LogP contribution in [0.25, 0.3) is 0 Å². The SMILES string of the molecule is CCOc1ccccc1N(CC(=O)N(Cc1c(Cl)cccc1Cl)[C@@H](Cc1ccccc1)C(=O)NC1CCCCC1)S(C)(=O)=O. The van der Waals surface area contributed by atoms with E-state index in [2.05, 4.69) is 5.32 Å². The summed E-state index contributed by atoms with van der Waals surface area (Å²) in [5.41, 5.74) is 1.54. The van der Waals surface area contributed by atoms with E-state index in [-0.39, 0.29) is 30.6 Å². The van der Waals surface area contributed by atoms with Gasteiger partial charge in [0, 0.05) is 34.6 Å². The van der Waals surface area contributed by atoms with Crippen molar-refractivity contribution in [1.82, 2.24) is 10.2 Å². The van der Waals surface area contributed by atoms with Gasteiger partial charge in [-0.1, -0.05) is 91.0 Å². The Hall–Kier alpha value is -3.27. The lowest BCUT2D eigenvalue weighted by Gasteiger charge is -2.35. The molecule has 1 aliphatic carbocycles. The molecule has 0 unspecified atom stereocenters. The largest absolute Gasteiger partial charge is 0.492 e. The van der Waals surface area contributed by atoms with Crippen LogP contribution in [0, 0.1) is 0 Å². The first-order valence-corrected chi connectivity index (χ1v) is 17.4. The first-order valence-electron chi connectivity index (χ1n) is 14.8. The third-order valence-corrected chi connectivity index (χ3v) is 9.56. The van der Waals surface area contributed by atoms with Crippen LogP contribution < -0.4 is 14.4 Å². The highest BCUT2D eigenvalue weighted by Gasteiger charge is 2.35. The van der Waals surface area contributed by atoms with E-state index in [0.29, 0.717) is 28.0 Å². The van der Waals surface area contributed by atoms with Crippen molar-refractivity contribution in [3.05, 3.63) is 94.0 Å². The van der Waals surface area contributed by atoms with Gasteiger partial charge in [-0.05, 0) is 49.6 Å². The van der Waals surface area contributed by atoms with Crippen molar-refractivity contribution in [2.45, 2.75) is 64.1 Å². The van der Waals surface area contributed by atoms with E-state index in [4.69, 9.17) is 27.9 Å². The van der Waals surface area contributed by atoms with Crippen molar-refractivity contribution in [3.8, 4) is 5.75 Å². The highest BCUT2D eigenvalue weighted by molar-refractivity contribution is 7.92. The van der Waals surface area contributed by atoms with Crippen molar-refractivity contribution in [3.63, 3.8) is 0 Å². The molecule has 8 nitrogen and oxygen atoms in total. The van der Waals surface area contributed by atoms with Crippen LogP contribution in [0.3, 0.4) is 0 Å². The third-order valence-electron chi connectivity index (χ3n) is 7.73. The number of anilines is 1. The van der Waals surface area contributed by atoms with Gasteiger partial charge in [-0.2, -0.15) is 0 Å². The van der Waals surface area contributed by atoms with Crippen molar-refractivity contribution in [2.24, 2.45) is 0 Å². The zero-order valence-electron chi connectivity index (χ0n) is 25.0. The lowest BCUT2D eigenvalue weighted by Crippen LogP contribution is -2.55. The number of nitrogens with one attached hydrogen (secondary N) is 1. The summed E-state index contributed by atoms with van der Waals surface area (Å²) < 4.78 is 33.0. The van der Waals surface area contributed by atoms with E-state index < -0.39 is 28.5 Å². The van der Waals surface area contributed by atoms with E-state index in [0.717, 1.165) is 48.2 Å². The topological polar surface area (TPSA) is 96.0 Å². The lowest BCUT2D eigenvalue weighted by molar-refractivity contribution is -0.140. The molecule has 1 aliphatic rings. The summed E-state index contributed by atoms with van der Waals surface area (Å²) in [6.07, 6.45) is 6.15. The maximum atomic E-state index is 14.4. The molecule has 0 spiro atoms. The Morgan fingerprint density at radius 1 is 0.932 bits per heavy atom. The Kier molecular flexibility index (Phi) is 11.9. The molecule has 1 fully saturated rings. The maximum absolute atomic E-state index is 14.4. The molecule has 11 heteroatoms. The Labute approximate surface area is 270 Å². The molecule has 44 heavy (non-hydrogen) atoms. The molecular formula is C33H39Cl2N3O5S. The molecular weight excluding hydrogens is 621 g/mol. The van der Waals surface area contributed by atoms with Gasteiger partial charge in [0.25, 0.3) is 0 Å². The number of hydrogen-bond donors (Lipinski definition) is 1. The maximum Gasteiger partial charge on any atom is 0.244 e. The number of rotatable bonds is 13. The second-order valence-corrected chi connectivity index (χ2v) is 13.7. The fraction of sp³-hybridized carbons (Fsp3) is 0.394. The average molecular weight is 661 g/mol. The van der Waals surface area contributed by atoms with Crippen molar-refractivity contribution in [1.29, 1.82) is 0 Å². The first-order chi connectivity index (χ1) is 21.1. The molecule has 1 atom stereocenters. The van der Waals surface area contributed by atoms with E-state index >= 15 is 0 Å². The van der Waals surface area contributed by atoms with Gasteiger partial charge in [0.2, 0.25) is 21.8 Å². The second-order valence-electron chi connectivity index (χ2n) is 10.9. The molecule has 0 radical (unpaired) electrons. The van der Waals surface area contributed by atoms with Gasteiger partial charge in [0.05, 0.1) is 18.6 Å². The minimum absolute atomic E-state index is 0.000893. The minimum Gasteiger partial charge on any atom is -0.492 e. The zero-order chi connectivity index (χ0) is 31.7. The summed E-state index contributed by atoms with van der Waals surface area (Å²) in [6, 6.07) is 20.1. The molecule has 1 saturated carbocycles. The van der Waals surface area contributed by atoms with Crippen LogP contribution in [-0.2, 0) is 32.6 Å². The van der Waals surface area contributed by atoms with E-state index in [9.17, 15) is 18.0 Å². The molecule has 1 N–H and O–H groups in total. The highest BCUT2D eigenvalue weighted by atomic mass is 35.5. The quantitative estimate of drug-likeness (QED) is 0.234. The zero-order valence-corrected chi connectivity index (χ0v) is 27.4. The number of nitrogens with zero attached hydrogens (tertiary/aromatic N) is 2. The fourth-order valence-corrected chi connectivity index (χ4v) is 6.86. The summed E-state index contributed by atoms with van der Waals surface area (Å²) in [7, 11) is -3.95. The molecule has 0 aromatic heterocycles. The van der Waals surface area contributed by atoms with Gasteiger partial charge in [-0.15, -0.1) is 0 Å². The smallest absolute Gasteiger partial charge is 0.244 e. The summed E-state index contributed by atoms with van der Waals surface area (Å²) in [4.78, 5) is 29.9. The molecule has 236 valence electrons. The van der Waals surface area contributed by atoms with Crippen molar-refractivity contribution < 1.29 is 22.7 Å². The van der Waals surface area contributed by atoms with Crippen LogP contribution in [0.1, 0.15) is 50.2 Å². The second kappa shape index (κ2) is 15.6. The normalized spacial score (nSPS) is 14.5. The van der Waals surface area contributed by atoms with Gasteiger partial charge in [0.1, 0.15) is 18.3 Å². The predicted molar refractivity (Wildman–Crippen MR) is 176 cm³/mol. The Morgan fingerprint density at radius 3 is 2.20 bits per heavy atom. The number of hydrogen-bond acceptors (Lipinski definition) is 5. The number of para-hydroxylation sites is 2. The average Bonchev–Trinajstić information content (AvgIpc) is 3.00. The first kappa shape index (κ1) is 33.6. The molecule has 2 amide bonds. The van der Waals surface area contributed by atoms with Crippen molar-refractivity contribution in [2.75, 3.05) is 23.7 Å². The monoisotopic (exact) mass is 659 g/mol. The number of carbonyl (C=O) groups is 2. The molecule has 3 aromatic carbocycles. The minimum atomic E-state index is -3.95. The van der Waals surface area contributed by atoms with Crippen LogP contribution >= 0.6 is 23.2 Å². The molecule has 3 aromatic rings. The number of halogens is 2. The van der Waals surface area contributed by atoms with Crippen LogP contribution in [0.15, 0.2) is 72.8 Å². The summed E-state index contributed by atoms with van der Waals surface area (Å²) in [5, 5.41) is 3.85. The summed E-state index contributed by atoms with van der Waals surface area (Å²) >= 11 is 13.1. The summed E-state index contributed by atoms with van der Waals surface area (Å²) in [5.74, 6) is -0.569. The molecule has 0 bridgehead atoms. The van der Waals surface area contributed by atoms with Gasteiger partial charge in [-0.25, -0.2) is 8.42 Å². The molecule has 4 rings (SSSR count). The number of carbonyl (C=O) groups excluding carboxylic acids is 2. The van der Waals surface area contributed by atoms with Crippen LogP contribution in [0.4, 0.5) is 5.69 Å². The van der Waals surface area contributed by atoms with Crippen molar-refractivity contribution >= 4 is 50.7 Å². The standard InChI is InChI=1S/C33H39Cl2N3O5S/c1-3-43-31-20-11-10-19-29(31)38(44(2,41)42)23-32(39)37(22-26-27(34)17-12-18-28(26)35)30(21-24-13-6-4-7-14-24)33(40)36-25-15-8-5-9-16-25/h4,6-7,10-14,17-20,25,30H,3,5,8-9,15-16,21-23H2,1-2H3,(H,36,40)/t30-/m0/s1. The van der Waals surface area contributed by atoms with E-state index in [1.54, 1.807) is 49.4 Å².